The summed E-state index contributed by atoms with van der Waals surface area (Å²) in [5, 5.41) is 17.8. The van der Waals surface area contributed by atoms with Gasteiger partial charge in [-0.15, -0.1) is 5.10 Å². The molecule has 1 aliphatic heterocycles. The van der Waals surface area contributed by atoms with Crippen molar-refractivity contribution >= 4 is 5.91 Å². The second-order valence-corrected chi connectivity index (χ2v) is 6.23. The van der Waals surface area contributed by atoms with Crippen molar-refractivity contribution in [3.63, 3.8) is 0 Å². The van der Waals surface area contributed by atoms with Crippen molar-refractivity contribution < 1.29 is 14.3 Å². The number of carbonyl (C=O) groups is 1. The van der Waals surface area contributed by atoms with Gasteiger partial charge in [-0.25, -0.2) is 9.07 Å². The Morgan fingerprint density at radius 1 is 1.46 bits per heavy atom. The summed E-state index contributed by atoms with van der Waals surface area (Å²) in [6.07, 6.45) is 3.72. The van der Waals surface area contributed by atoms with Crippen molar-refractivity contribution in [1.29, 1.82) is 0 Å². The van der Waals surface area contributed by atoms with Gasteiger partial charge in [0.2, 0.25) is 0 Å². The molecule has 0 spiro atoms. The SMILES string of the molecule is CC(O)C1CCCCN1C(=O)c1cn(Cc2cccc(F)c2)nn1. The molecule has 1 amide bonds. The molecular formula is C17H21FN4O2. The molecule has 2 unspecified atom stereocenters. The standard InChI is InChI=1S/C17H21FN4O2/c1-12(23)16-7-2-3-8-22(16)17(24)15-11-21(20-19-15)10-13-5-4-6-14(18)9-13/h4-6,9,11-12,16,23H,2-3,7-8,10H2,1H3. The Labute approximate surface area is 139 Å². The molecule has 0 aliphatic carbocycles. The number of halogens is 1. The van der Waals surface area contributed by atoms with Crippen LogP contribution in [0.3, 0.4) is 0 Å². The Kier molecular flexibility index (Phi) is 4.89. The third-order valence-electron chi connectivity index (χ3n) is 4.36. The van der Waals surface area contributed by atoms with E-state index in [0.29, 0.717) is 13.1 Å². The molecule has 128 valence electrons. The van der Waals surface area contributed by atoms with Crippen LogP contribution in [-0.2, 0) is 6.54 Å². The maximum absolute atomic E-state index is 13.2. The van der Waals surface area contributed by atoms with Gasteiger partial charge in [-0.05, 0) is 43.9 Å². The number of aliphatic hydroxyl groups is 1. The fourth-order valence-corrected chi connectivity index (χ4v) is 3.15. The first kappa shape index (κ1) is 16.6. The molecule has 1 fully saturated rings. The van der Waals surface area contributed by atoms with Crippen LogP contribution < -0.4 is 0 Å². The first-order chi connectivity index (χ1) is 11.5. The van der Waals surface area contributed by atoms with Crippen LogP contribution >= 0.6 is 0 Å². The lowest BCUT2D eigenvalue weighted by Gasteiger charge is -2.36. The molecule has 1 aliphatic rings. The van der Waals surface area contributed by atoms with E-state index in [1.807, 2.05) is 0 Å². The van der Waals surface area contributed by atoms with Crippen molar-refractivity contribution in [2.75, 3.05) is 6.54 Å². The van der Waals surface area contributed by atoms with Crippen LogP contribution in [0.1, 0.15) is 42.2 Å². The van der Waals surface area contributed by atoms with E-state index in [1.54, 1.807) is 30.2 Å². The van der Waals surface area contributed by atoms with E-state index < -0.39 is 6.10 Å². The molecule has 7 heteroatoms. The van der Waals surface area contributed by atoms with E-state index in [-0.39, 0.29) is 23.5 Å². The molecule has 1 saturated heterocycles. The molecular weight excluding hydrogens is 311 g/mol. The average molecular weight is 332 g/mol. The summed E-state index contributed by atoms with van der Waals surface area (Å²) >= 11 is 0. The first-order valence-corrected chi connectivity index (χ1v) is 8.18. The lowest BCUT2D eigenvalue weighted by molar-refractivity contribution is 0.0276. The Balaban J connectivity index is 1.73. The maximum atomic E-state index is 13.2. The van der Waals surface area contributed by atoms with Crippen LogP contribution in [0.4, 0.5) is 4.39 Å². The molecule has 3 rings (SSSR count). The highest BCUT2D eigenvalue weighted by atomic mass is 19.1. The fourth-order valence-electron chi connectivity index (χ4n) is 3.15. The summed E-state index contributed by atoms with van der Waals surface area (Å²) in [6, 6.07) is 6.05. The monoisotopic (exact) mass is 332 g/mol. The molecule has 1 aromatic heterocycles. The van der Waals surface area contributed by atoms with Crippen LogP contribution in [0, 0.1) is 5.82 Å². The van der Waals surface area contributed by atoms with Crippen LogP contribution in [-0.4, -0.2) is 49.6 Å². The molecule has 1 aromatic carbocycles. The Morgan fingerprint density at radius 3 is 3.04 bits per heavy atom. The number of likely N-dealkylation sites (tertiary alicyclic amines) is 1. The predicted octanol–water partition coefficient (Wildman–Crippen LogP) is 1.84. The van der Waals surface area contributed by atoms with Gasteiger partial charge in [0.15, 0.2) is 5.69 Å². The van der Waals surface area contributed by atoms with Crippen molar-refractivity contribution in [3.05, 3.63) is 47.5 Å². The van der Waals surface area contributed by atoms with Crippen molar-refractivity contribution in [1.82, 2.24) is 19.9 Å². The van der Waals surface area contributed by atoms with Gasteiger partial charge in [-0.3, -0.25) is 4.79 Å². The minimum absolute atomic E-state index is 0.181. The maximum Gasteiger partial charge on any atom is 0.276 e. The number of nitrogens with zero attached hydrogens (tertiary/aromatic N) is 4. The molecule has 24 heavy (non-hydrogen) atoms. The number of hydrogen-bond acceptors (Lipinski definition) is 4. The highest BCUT2D eigenvalue weighted by Gasteiger charge is 2.31. The minimum Gasteiger partial charge on any atom is -0.391 e. The predicted molar refractivity (Wildman–Crippen MR) is 85.9 cm³/mol. The number of hydrogen-bond donors (Lipinski definition) is 1. The quantitative estimate of drug-likeness (QED) is 0.927. The number of rotatable bonds is 4. The first-order valence-electron chi connectivity index (χ1n) is 8.18. The smallest absolute Gasteiger partial charge is 0.276 e. The number of aliphatic hydroxyl groups excluding tert-OH is 1. The zero-order valence-corrected chi connectivity index (χ0v) is 13.6. The van der Waals surface area contributed by atoms with E-state index in [0.717, 1.165) is 24.8 Å². The lowest BCUT2D eigenvalue weighted by Crippen LogP contribution is -2.49. The zero-order chi connectivity index (χ0) is 17.1. The van der Waals surface area contributed by atoms with E-state index >= 15 is 0 Å². The normalized spacial score (nSPS) is 19.3. The molecule has 6 nitrogen and oxygen atoms in total. The largest absolute Gasteiger partial charge is 0.391 e. The van der Waals surface area contributed by atoms with Gasteiger partial charge in [-0.2, -0.15) is 0 Å². The van der Waals surface area contributed by atoms with Crippen LogP contribution in [0.15, 0.2) is 30.5 Å². The van der Waals surface area contributed by atoms with Gasteiger partial charge in [0.05, 0.1) is 24.9 Å². The second kappa shape index (κ2) is 7.09. The summed E-state index contributed by atoms with van der Waals surface area (Å²) < 4.78 is 14.8. The van der Waals surface area contributed by atoms with E-state index in [1.165, 1.54) is 16.8 Å². The second-order valence-electron chi connectivity index (χ2n) is 6.23. The molecule has 1 N–H and O–H groups in total. The molecule has 2 heterocycles. The number of aromatic nitrogens is 3. The third-order valence-corrected chi connectivity index (χ3v) is 4.36. The van der Waals surface area contributed by atoms with Gasteiger partial charge in [0, 0.05) is 6.54 Å². The van der Waals surface area contributed by atoms with Gasteiger partial charge in [0.25, 0.3) is 5.91 Å². The van der Waals surface area contributed by atoms with Crippen molar-refractivity contribution in [2.45, 2.75) is 44.9 Å². The number of carbonyl (C=O) groups excluding carboxylic acids is 1. The Morgan fingerprint density at radius 2 is 2.29 bits per heavy atom. The third kappa shape index (κ3) is 3.62. The highest BCUT2D eigenvalue weighted by Crippen LogP contribution is 2.21. The highest BCUT2D eigenvalue weighted by molar-refractivity contribution is 5.92. The topological polar surface area (TPSA) is 71.2 Å². The van der Waals surface area contributed by atoms with Crippen LogP contribution in [0.2, 0.25) is 0 Å². The summed E-state index contributed by atoms with van der Waals surface area (Å²) in [6.45, 7) is 2.67. The molecule has 0 radical (unpaired) electrons. The fraction of sp³-hybridized carbons (Fsp3) is 0.471. The molecule has 0 bridgehead atoms. The minimum atomic E-state index is -0.573. The van der Waals surface area contributed by atoms with E-state index in [2.05, 4.69) is 10.3 Å². The molecule has 2 atom stereocenters. The summed E-state index contributed by atoms with van der Waals surface area (Å²) in [7, 11) is 0. The zero-order valence-electron chi connectivity index (χ0n) is 13.6. The van der Waals surface area contributed by atoms with Crippen LogP contribution in [0.25, 0.3) is 0 Å². The van der Waals surface area contributed by atoms with Gasteiger partial charge >= 0.3 is 0 Å². The number of piperidine rings is 1. The Hall–Kier alpha value is -2.28. The van der Waals surface area contributed by atoms with Gasteiger partial charge < -0.3 is 10.0 Å². The van der Waals surface area contributed by atoms with Crippen LogP contribution in [0.5, 0.6) is 0 Å². The summed E-state index contributed by atoms with van der Waals surface area (Å²) in [5.74, 6) is -0.525. The molecule has 0 saturated carbocycles. The van der Waals surface area contributed by atoms with Crippen molar-refractivity contribution in [3.8, 4) is 0 Å². The Bertz CT molecular complexity index is 716. The van der Waals surface area contributed by atoms with Gasteiger partial charge in [-0.1, -0.05) is 17.3 Å². The summed E-state index contributed by atoms with van der Waals surface area (Å²) in [5.41, 5.74) is 0.998. The number of benzene rings is 1. The lowest BCUT2D eigenvalue weighted by atomic mass is 9.98. The average Bonchev–Trinajstić information content (AvgIpc) is 3.02. The number of amides is 1. The summed E-state index contributed by atoms with van der Waals surface area (Å²) in [4.78, 5) is 14.4. The van der Waals surface area contributed by atoms with Crippen molar-refractivity contribution in [2.24, 2.45) is 0 Å². The van der Waals surface area contributed by atoms with E-state index in [9.17, 15) is 14.3 Å². The van der Waals surface area contributed by atoms with E-state index in [4.69, 9.17) is 0 Å². The van der Waals surface area contributed by atoms with Gasteiger partial charge in [0.1, 0.15) is 5.82 Å². The molecule has 2 aromatic rings.